The second-order valence-corrected chi connectivity index (χ2v) is 5.41. The zero-order chi connectivity index (χ0) is 15.8. The summed E-state index contributed by atoms with van der Waals surface area (Å²) in [6.45, 7) is 4.77. The number of ether oxygens (including phenoxy) is 1. The highest BCUT2D eigenvalue weighted by Crippen LogP contribution is 2.15. The normalized spacial score (nSPS) is 10.2. The van der Waals surface area contributed by atoms with Crippen LogP contribution in [-0.4, -0.2) is 33.5 Å². The van der Waals surface area contributed by atoms with E-state index < -0.39 is 0 Å². The smallest absolute Gasteiger partial charge is 0.230 e. The van der Waals surface area contributed by atoms with Crippen molar-refractivity contribution in [1.82, 2.24) is 20.1 Å². The largest absolute Gasteiger partial charge is 0.497 e. The van der Waals surface area contributed by atoms with Crippen LogP contribution in [0, 0.1) is 0 Å². The number of nitrogens with zero attached hydrogens (tertiary/aromatic N) is 3. The molecule has 1 heterocycles. The molecule has 7 heteroatoms. The van der Waals surface area contributed by atoms with Crippen molar-refractivity contribution in [2.45, 2.75) is 18.2 Å². The van der Waals surface area contributed by atoms with E-state index in [4.69, 9.17) is 4.74 Å². The average molecular weight is 318 g/mol. The maximum atomic E-state index is 11.9. The molecule has 0 aliphatic heterocycles. The van der Waals surface area contributed by atoms with Crippen molar-refractivity contribution in [3.05, 3.63) is 48.8 Å². The highest BCUT2D eigenvalue weighted by molar-refractivity contribution is 7.99. The summed E-state index contributed by atoms with van der Waals surface area (Å²) in [4.78, 5) is 11.9. The van der Waals surface area contributed by atoms with Gasteiger partial charge in [-0.3, -0.25) is 4.79 Å². The summed E-state index contributed by atoms with van der Waals surface area (Å²) in [7, 11) is 1.62. The van der Waals surface area contributed by atoms with Gasteiger partial charge in [-0.05, 0) is 17.7 Å². The van der Waals surface area contributed by atoms with Crippen molar-refractivity contribution in [3.63, 3.8) is 0 Å². The minimum atomic E-state index is -0.0547. The van der Waals surface area contributed by atoms with Crippen molar-refractivity contribution in [1.29, 1.82) is 0 Å². The fourth-order valence-electron chi connectivity index (χ4n) is 1.78. The molecule has 0 radical (unpaired) electrons. The number of aromatic nitrogens is 3. The number of nitrogens with one attached hydrogen (secondary N) is 1. The van der Waals surface area contributed by atoms with Crippen molar-refractivity contribution < 1.29 is 9.53 Å². The summed E-state index contributed by atoms with van der Waals surface area (Å²) in [5.41, 5.74) is 0.993. The number of carbonyl (C=O) groups excluding carboxylic acids is 1. The highest BCUT2D eigenvalue weighted by Gasteiger charge is 2.08. The molecule has 1 aromatic heterocycles. The second kappa shape index (κ2) is 8.23. The summed E-state index contributed by atoms with van der Waals surface area (Å²) < 4.78 is 6.99. The van der Waals surface area contributed by atoms with E-state index in [9.17, 15) is 4.79 Å². The van der Waals surface area contributed by atoms with Gasteiger partial charge in [0.15, 0.2) is 5.16 Å². The van der Waals surface area contributed by atoms with Gasteiger partial charge >= 0.3 is 0 Å². The van der Waals surface area contributed by atoms with Gasteiger partial charge in [0.1, 0.15) is 12.1 Å². The van der Waals surface area contributed by atoms with Crippen LogP contribution in [0.3, 0.4) is 0 Å². The third kappa shape index (κ3) is 4.63. The number of rotatable bonds is 8. The molecule has 0 saturated carbocycles. The molecule has 1 N–H and O–H groups in total. The van der Waals surface area contributed by atoms with E-state index in [2.05, 4.69) is 22.1 Å². The third-order valence-corrected chi connectivity index (χ3v) is 3.84. The van der Waals surface area contributed by atoms with Gasteiger partial charge in [0.2, 0.25) is 5.91 Å². The quantitative estimate of drug-likeness (QED) is 0.594. The lowest BCUT2D eigenvalue weighted by Crippen LogP contribution is -2.24. The molecule has 0 spiro atoms. The minimum absolute atomic E-state index is 0.0547. The molecule has 0 atom stereocenters. The van der Waals surface area contributed by atoms with Crippen LogP contribution in [0.2, 0.25) is 0 Å². The standard InChI is InChI=1S/C15H18N4O2S/c1-3-7-19-11-17-18-15(19)22-10-14(20)16-9-12-5-4-6-13(8-12)21-2/h3-6,8,11H,1,7,9-10H2,2H3,(H,16,20). The maximum Gasteiger partial charge on any atom is 0.230 e. The van der Waals surface area contributed by atoms with Crippen molar-refractivity contribution >= 4 is 17.7 Å². The number of benzene rings is 1. The van der Waals surface area contributed by atoms with Crippen LogP contribution in [0.25, 0.3) is 0 Å². The third-order valence-electron chi connectivity index (χ3n) is 2.86. The van der Waals surface area contributed by atoms with Gasteiger partial charge in [-0.25, -0.2) is 0 Å². The molecular weight excluding hydrogens is 300 g/mol. The topological polar surface area (TPSA) is 69.0 Å². The number of carbonyl (C=O) groups is 1. The van der Waals surface area contributed by atoms with Crippen LogP contribution in [0.15, 0.2) is 48.4 Å². The van der Waals surface area contributed by atoms with Gasteiger partial charge < -0.3 is 14.6 Å². The first kappa shape index (κ1) is 16.1. The molecule has 6 nitrogen and oxygen atoms in total. The number of hydrogen-bond donors (Lipinski definition) is 1. The van der Waals surface area contributed by atoms with Gasteiger partial charge in [-0.2, -0.15) is 0 Å². The molecule has 0 fully saturated rings. The lowest BCUT2D eigenvalue weighted by Gasteiger charge is -2.07. The molecule has 1 amide bonds. The summed E-state index contributed by atoms with van der Waals surface area (Å²) in [6, 6.07) is 7.60. The van der Waals surface area contributed by atoms with E-state index in [0.29, 0.717) is 24.0 Å². The Morgan fingerprint density at radius 3 is 3.18 bits per heavy atom. The molecular formula is C15H18N4O2S. The van der Waals surface area contributed by atoms with Crippen LogP contribution < -0.4 is 10.1 Å². The Labute approximate surface area is 133 Å². The molecule has 1 aromatic carbocycles. The Morgan fingerprint density at radius 2 is 2.41 bits per heavy atom. The number of methoxy groups -OCH3 is 1. The molecule has 2 rings (SSSR count). The van der Waals surface area contributed by atoms with Gasteiger partial charge in [-0.15, -0.1) is 16.8 Å². The number of thioether (sulfide) groups is 1. The van der Waals surface area contributed by atoms with Crippen LogP contribution in [0.5, 0.6) is 5.75 Å². The lowest BCUT2D eigenvalue weighted by atomic mass is 10.2. The molecule has 0 aliphatic rings. The lowest BCUT2D eigenvalue weighted by molar-refractivity contribution is -0.118. The Bertz CT molecular complexity index is 642. The molecule has 2 aromatic rings. The predicted molar refractivity (Wildman–Crippen MR) is 85.8 cm³/mol. The maximum absolute atomic E-state index is 11.9. The van der Waals surface area contributed by atoms with E-state index in [1.807, 2.05) is 28.8 Å². The Kier molecular flexibility index (Phi) is 6.02. The van der Waals surface area contributed by atoms with E-state index >= 15 is 0 Å². The number of amides is 1. The van der Waals surface area contributed by atoms with Crippen LogP contribution >= 0.6 is 11.8 Å². The summed E-state index contributed by atoms with van der Waals surface area (Å²) in [6.07, 6.45) is 3.38. The first-order valence-corrected chi connectivity index (χ1v) is 7.72. The van der Waals surface area contributed by atoms with Gasteiger partial charge in [-0.1, -0.05) is 30.0 Å². The van der Waals surface area contributed by atoms with Crippen LogP contribution in [0.4, 0.5) is 0 Å². The molecule has 0 saturated heterocycles. The Balaban J connectivity index is 1.80. The van der Waals surface area contributed by atoms with E-state index in [-0.39, 0.29) is 5.91 Å². The van der Waals surface area contributed by atoms with Crippen molar-refractivity contribution in [2.24, 2.45) is 0 Å². The fraction of sp³-hybridized carbons (Fsp3) is 0.267. The average Bonchev–Trinajstić information content (AvgIpc) is 2.99. The first-order valence-electron chi connectivity index (χ1n) is 6.74. The molecule has 116 valence electrons. The fourth-order valence-corrected chi connectivity index (χ4v) is 2.54. The van der Waals surface area contributed by atoms with Gasteiger partial charge in [0.25, 0.3) is 0 Å². The molecule has 22 heavy (non-hydrogen) atoms. The SMILES string of the molecule is C=CCn1cnnc1SCC(=O)NCc1cccc(OC)c1. The van der Waals surface area contributed by atoms with Gasteiger partial charge in [0.05, 0.1) is 12.9 Å². The van der Waals surface area contributed by atoms with E-state index in [0.717, 1.165) is 11.3 Å². The zero-order valence-corrected chi connectivity index (χ0v) is 13.2. The monoisotopic (exact) mass is 318 g/mol. The molecule has 0 aliphatic carbocycles. The van der Waals surface area contributed by atoms with E-state index in [1.165, 1.54) is 11.8 Å². The van der Waals surface area contributed by atoms with Crippen LogP contribution in [0.1, 0.15) is 5.56 Å². The van der Waals surface area contributed by atoms with Crippen molar-refractivity contribution in [2.75, 3.05) is 12.9 Å². The number of allylic oxidation sites excluding steroid dienone is 1. The Morgan fingerprint density at radius 1 is 1.55 bits per heavy atom. The van der Waals surface area contributed by atoms with Crippen molar-refractivity contribution in [3.8, 4) is 5.75 Å². The van der Waals surface area contributed by atoms with Gasteiger partial charge in [0, 0.05) is 13.1 Å². The minimum Gasteiger partial charge on any atom is -0.497 e. The molecule has 0 unspecified atom stereocenters. The molecule has 0 bridgehead atoms. The summed E-state index contributed by atoms with van der Waals surface area (Å²) in [5, 5.41) is 11.4. The number of hydrogen-bond acceptors (Lipinski definition) is 5. The summed E-state index contributed by atoms with van der Waals surface area (Å²) >= 11 is 1.35. The van der Waals surface area contributed by atoms with E-state index in [1.54, 1.807) is 19.5 Å². The first-order chi connectivity index (χ1) is 10.7. The second-order valence-electron chi connectivity index (χ2n) is 4.47. The highest BCUT2D eigenvalue weighted by atomic mass is 32.2. The predicted octanol–water partition coefficient (Wildman–Crippen LogP) is 1.88. The Hall–Kier alpha value is -2.28. The zero-order valence-electron chi connectivity index (χ0n) is 12.4. The summed E-state index contributed by atoms with van der Waals surface area (Å²) in [5.74, 6) is 1.01. The van der Waals surface area contributed by atoms with Crippen LogP contribution in [-0.2, 0) is 17.9 Å².